The first kappa shape index (κ1) is 14.6. The van der Waals surface area contributed by atoms with Crippen LogP contribution in [0.1, 0.15) is 20.8 Å². The van der Waals surface area contributed by atoms with Crippen molar-refractivity contribution in [2.75, 3.05) is 39.3 Å². The summed E-state index contributed by atoms with van der Waals surface area (Å²) in [4.78, 5) is 16.2. The molecule has 2 fully saturated rings. The Kier molecular flexibility index (Phi) is 4.32. The lowest BCUT2D eigenvalue weighted by Crippen LogP contribution is -2.65. The van der Waals surface area contributed by atoms with Crippen molar-refractivity contribution >= 4 is 6.09 Å². The van der Waals surface area contributed by atoms with Gasteiger partial charge in [0.2, 0.25) is 0 Å². The van der Waals surface area contributed by atoms with E-state index >= 15 is 0 Å². The second-order valence-corrected chi connectivity index (χ2v) is 6.36. The van der Waals surface area contributed by atoms with E-state index < -0.39 is 5.60 Å². The first-order valence-electron chi connectivity index (χ1n) is 6.95. The molecule has 0 bridgehead atoms. The molecule has 110 valence electrons. The number of aliphatic hydroxyl groups is 1. The predicted molar refractivity (Wildman–Crippen MR) is 72.0 cm³/mol. The molecule has 0 aromatic heterocycles. The summed E-state index contributed by atoms with van der Waals surface area (Å²) in [6.45, 7) is 9.72. The number of piperazine rings is 2. The van der Waals surface area contributed by atoms with Crippen molar-refractivity contribution in [2.45, 2.75) is 38.5 Å². The Bertz CT molecular complexity index is 330. The molecular formula is C13H25N3O3. The highest BCUT2D eigenvalue weighted by atomic mass is 16.6. The molecule has 1 amide bonds. The van der Waals surface area contributed by atoms with Crippen LogP contribution in [-0.2, 0) is 4.74 Å². The monoisotopic (exact) mass is 271 g/mol. The van der Waals surface area contributed by atoms with Gasteiger partial charge >= 0.3 is 6.09 Å². The van der Waals surface area contributed by atoms with Gasteiger partial charge < -0.3 is 20.1 Å². The number of hydrogen-bond acceptors (Lipinski definition) is 5. The van der Waals surface area contributed by atoms with Crippen LogP contribution >= 0.6 is 0 Å². The molecule has 2 aliphatic rings. The van der Waals surface area contributed by atoms with Crippen molar-refractivity contribution in [2.24, 2.45) is 0 Å². The Balaban J connectivity index is 1.87. The van der Waals surface area contributed by atoms with E-state index in [1.54, 1.807) is 4.90 Å². The summed E-state index contributed by atoms with van der Waals surface area (Å²) >= 11 is 0. The fourth-order valence-corrected chi connectivity index (χ4v) is 2.59. The zero-order chi connectivity index (χ0) is 14.0. The summed E-state index contributed by atoms with van der Waals surface area (Å²) in [5, 5.41) is 12.5. The summed E-state index contributed by atoms with van der Waals surface area (Å²) in [5.74, 6) is 0. The maximum absolute atomic E-state index is 12.0. The third-order valence-corrected chi connectivity index (χ3v) is 3.57. The van der Waals surface area contributed by atoms with E-state index in [0.29, 0.717) is 19.1 Å². The van der Waals surface area contributed by atoms with Crippen LogP contribution in [0.5, 0.6) is 0 Å². The third kappa shape index (κ3) is 3.81. The summed E-state index contributed by atoms with van der Waals surface area (Å²) < 4.78 is 5.41. The van der Waals surface area contributed by atoms with Crippen molar-refractivity contribution in [1.82, 2.24) is 15.1 Å². The second-order valence-electron chi connectivity index (χ2n) is 6.36. The minimum absolute atomic E-state index is 0.157. The summed E-state index contributed by atoms with van der Waals surface area (Å²) in [7, 11) is 0. The molecular weight excluding hydrogens is 246 g/mol. The molecule has 0 aliphatic carbocycles. The lowest BCUT2D eigenvalue weighted by molar-refractivity contribution is -0.00649. The molecule has 1 unspecified atom stereocenters. The molecule has 19 heavy (non-hydrogen) atoms. The Morgan fingerprint density at radius 3 is 2.74 bits per heavy atom. The van der Waals surface area contributed by atoms with Gasteiger partial charge in [0.15, 0.2) is 0 Å². The molecule has 2 aliphatic heterocycles. The van der Waals surface area contributed by atoms with E-state index in [0.717, 1.165) is 19.6 Å². The fourth-order valence-electron chi connectivity index (χ4n) is 2.59. The Morgan fingerprint density at radius 1 is 1.37 bits per heavy atom. The van der Waals surface area contributed by atoms with Gasteiger partial charge in [0, 0.05) is 44.8 Å². The molecule has 0 saturated carbocycles. The van der Waals surface area contributed by atoms with Gasteiger partial charge in [-0.15, -0.1) is 0 Å². The molecule has 0 spiro atoms. The Labute approximate surface area is 114 Å². The Morgan fingerprint density at radius 2 is 2.11 bits per heavy atom. The van der Waals surface area contributed by atoms with E-state index in [1.165, 1.54) is 0 Å². The number of carbonyl (C=O) groups excluding carboxylic acids is 1. The van der Waals surface area contributed by atoms with Gasteiger partial charge in [-0.3, -0.25) is 4.90 Å². The molecule has 6 heteroatoms. The van der Waals surface area contributed by atoms with E-state index in [2.05, 4.69) is 10.2 Å². The van der Waals surface area contributed by atoms with Crippen molar-refractivity contribution < 1.29 is 14.6 Å². The molecule has 2 rings (SSSR count). The smallest absolute Gasteiger partial charge is 0.410 e. The number of fused-ring (bicyclic) bond motifs is 1. The lowest BCUT2D eigenvalue weighted by atomic mass is 10.1. The van der Waals surface area contributed by atoms with Gasteiger partial charge in [0.1, 0.15) is 5.60 Å². The molecule has 2 heterocycles. The predicted octanol–water partition coefficient (Wildman–Crippen LogP) is -0.128. The minimum Gasteiger partial charge on any atom is -0.444 e. The van der Waals surface area contributed by atoms with E-state index in [1.807, 2.05) is 20.8 Å². The van der Waals surface area contributed by atoms with Gasteiger partial charge in [-0.05, 0) is 20.8 Å². The second kappa shape index (κ2) is 5.64. The topological polar surface area (TPSA) is 65.0 Å². The van der Waals surface area contributed by atoms with Crippen molar-refractivity contribution in [3.05, 3.63) is 0 Å². The van der Waals surface area contributed by atoms with Crippen LogP contribution in [0.3, 0.4) is 0 Å². The number of nitrogens with zero attached hydrogens (tertiary/aromatic N) is 2. The largest absolute Gasteiger partial charge is 0.444 e. The molecule has 0 radical (unpaired) electrons. The van der Waals surface area contributed by atoms with Crippen LogP contribution in [0, 0.1) is 0 Å². The maximum atomic E-state index is 12.0. The van der Waals surface area contributed by atoms with Gasteiger partial charge in [-0.25, -0.2) is 4.79 Å². The molecule has 0 aromatic rings. The zero-order valence-electron chi connectivity index (χ0n) is 12.1. The summed E-state index contributed by atoms with van der Waals surface area (Å²) in [6.07, 6.45) is -0.226. The highest BCUT2D eigenvalue weighted by Crippen LogP contribution is 2.17. The number of hydrogen-bond donors (Lipinski definition) is 2. The molecule has 6 nitrogen and oxygen atoms in total. The maximum Gasteiger partial charge on any atom is 0.410 e. The zero-order valence-corrected chi connectivity index (χ0v) is 12.1. The number of amides is 1. The standard InChI is InChI=1S/C13H25N3O3/c1-13(2,3)19-12(18)16-5-4-15-7-10(9-17)14-6-11(15)8-16/h10-11,14,17H,4-9H2,1-3H3/t10-,11?/m0/s1. The number of carbonyl (C=O) groups is 1. The van der Waals surface area contributed by atoms with Gasteiger partial charge in [0.05, 0.1) is 6.61 Å². The van der Waals surface area contributed by atoms with E-state index in [4.69, 9.17) is 4.74 Å². The van der Waals surface area contributed by atoms with Crippen LogP contribution in [0.4, 0.5) is 4.79 Å². The normalized spacial score (nSPS) is 28.9. The SMILES string of the molecule is CC(C)(C)OC(=O)N1CCN2C[C@@H](CO)NCC2C1. The molecule has 2 saturated heterocycles. The Hall–Kier alpha value is -0.850. The average molecular weight is 271 g/mol. The minimum atomic E-state index is -0.443. The van der Waals surface area contributed by atoms with Crippen molar-refractivity contribution in [3.8, 4) is 0 Å². The van der Waals surface area contributed by atoms with E-state index in [9.17, 15) is 9.90 Å². The molecule has 2 atom stereocenters. The molecule has 2 N–H and O–H groups in total. The van der Waals surface area contributed by atoms with Crippen LogP contribution in [0.15, 0.2) is 0 Å². The number of ether oxygens (including phenoxy) is 1. The summed E-state index contributed by atoms with van der Waals surface area (Å²) in [6, 6.07) is 0.480. The van der Waals surface area contributed by atoms with Crippen LogP contribution in [0.25, 0.3) is 0 Å². The summed E-state index contributed by atoms with van der Waals surface area (Å²) in [5.41, 5.74) is -0.443. The lowest BCUT2D eigenvalue weighted by Gasteiger charge is -2.46. The highest BCUT2D eigenvalue weighted by molar-refractivity contribution is 5.68. The van der Waals surface area contributed by atoms with Crippen LogP contribution in [0.2, 0.25) is 0 Å². The van der Waals surface area contributed by atoms with Gasteiger partial charge in [-0.2, -0.15) is 0 Å². The van der Waals surface area contributed by atoms with Gasteiger partial charge in [-0.1, -0.05) is 0 Å². The quantitative estimate of drug-likeness (QED) is 0.695. The highest BCUT2D eigenvalue weighted by Gasteiger charge is 2.35. The number of rotatable bonds is 1. The molecule has 0 aromatic carbocycles. The van der Waals surface area contributed by atoms with Crippen molar-refractivity contribution in [1.29, 1.82) is 0 Å². The first-order chi connectivity index (χ1) is 8.89. The average Bonchev–Trinajstić information content (AvgIpc) is 2.35. The van der Waals surface area contributed by atoms with Gasteiger partial charge in [0.25, 0.3) is 0 Å². The number of aliphatic hydroxyl groups excluding tert-OH is 1. The number of nitrogens with one attached hydrogen (secondary N) is 1. The van der Waals surface area contributed by atoms with E-state index in [-0.39, 0.29) is 18.7 Å². The first-order valence-corrected chi connectivity index (χ1v) is 6.95. The van der Waals surface area contributed by atoms with Crippen molar-refractivity contribution in [3.63, 3.8) is 0 Å². The third-order valence-electron chi connectivity index (χ3n) is 3.57. The van der Waals surface area contributed by atoms with Crippen LogP contribution in [-0.4, -0.2) is 78.0 Å². The fraction of sp³-hybridized carbons (Fsp3) is 0.923. The van der Waals surface area contributed by atoms with Crippen LogP contribution < -0.4 is 5.32 Å².